The van der Waals surface area contributed by atoms with Crippen molar-refractivity contribution >= 4 is 21.6 Å². The molecule has 0 aliphatic rings. The maximum atomic E-state index is 12.2. The molecule has 1 amide bonds. The number of hydrogen-bond donors (Lipinski definition) is 2. The Morgan fingerprint density at radius 1 is 1.22 bits per heavy atom. The maximum Gasteiger partial charge on any atom is 0.262 e. The van der Waals surface area contributed by atoms with Gasteiger partial charge in [-0.3, -0.25) is 4.79 Å². The fourth-order valence-electron chi connectivity index (χ4n) is 2.14. The predicted molar refractivity (Wildman–Crippen MR) is 102 cm³/mol. The molecule has 0 saturated carbocycles. The number of hydrogen-bond acceptors (Lipinski definition) is 5. The molecule has 0 heterocycles. The van der Waals surface area contributed by atoms with Gasteiger partial charge < -0.3 is 10.1 Å². The molecule has 0 saturated heterocycles. The molecule has 1 atom stereocenters. The third kappa shape index (κ3) is 6.09. The van der Waals surface area contributed by atoms with Crippen LogP contribution >= 0.6 is 0 Å². The molecule has 27 heavy (non-hydrogen) atoms. The second-order valence-electron chi connectivity index (χ2n) is 5.93. The van der Waals surface area contributed by atoms with Crippen molar-refractivity contribution < 1.29 is 17.9 Å². The number of anilines is 1. The third-order valence-corrected chi connectivity index (χ3v) is 5.35. The average Bonchev–Trinajstić information content (AvgIpc) is 2.66. The van der Waals surface area contributed by atoms with Gasteiger partial charge in [0.2, 0.25) is 10.0 Å². The Bertz CT molecular complexity index is 934. The van der Waals surface area contributed by atoms with Crippen LogP contribution in [0.15, 0.2) is 53.4 Å². The number of sulfonamides is 1. The highest BCUT2D eigenvalue weighted by atomic mass is 32.2. The quantitative estimate of drug-likeness (QED) is 0.724. The Labute approximate surface area is 159 Å². The molecule has 0 radical (unpaired) electrons. The Morgan fingerprint density at radius 2 is 1.93 bits per heavy atom. The normalized spacial score (nSPS) is 12.0. The summed E-state index contributed by atoms with van der Waals surface area (Å²) in [7, 11) is -3.58. The van der Waals surface area contributed by atoms with Crippen molar-refractivity contribution in [3.8, 4) is 11.8 Å². The molecule has 0 aliphatic heterocycles. The van der Waals surface area contributed by atoms with E-state index in [2.05, 4.69) is 10.0 Å². The lowest BCUT2D eigenvalue weighted by atomic mass is 10.2. The molecule has 0 aliphatic carbocycles. The molecular formula is C19H21N3O4S. The summed E-state index contributed by atoms with van der Waals surface area (Å²) in [5, 5.41) is 11.5. The van der Waals surface area contributed by atoms with E-state index in [1.165, 1.54) is 24.3 Å². The number of amides is 1. The fourth-order valence-corrected chi connectivity index (χ4v) is 3.47. The molecule has 2 aromatic rings. The van der Waals surface area contributed by atoms with E-state index < -0.39 is 10.0 Å². The molecule has 0 aromatic heterocycles. The van der Waals surface area contributed by atoms with Gasteiger partial charge in [-0.25, -0.2) is 13.1 Å². The lowest BCUT2D eigenvalue weighted by Crippen LogP contribution is -2.31. The first-order chi connectivity index (χ1) is 12.8. The summed E-state index contributed by atoms with van der Waals surface area (Å²) in [5.41, 5.74) is 0.941. The molecule has 0 bridgehead atoms. The summed E-state index contributed by atoms with van der Waals surface area (Å²) in [5.74, 6) is -0.0151. The van der Waals surface area contributed by atoms with Crippen LogP contribution in [-0.2, 0) is 14.8 Å². The zero-order valence-corrected chi connectivity index (χ0v) is 15.9. The van der Waals surface area contributed by atoms with E-state index in [0.717, 1.165) is 0 Å². The van der Waals surface area contributed by atoms with Crippen LogP contribution in [0.4, 0.5) is 5.69 Å². The third-order valence-electron chi connectivity index (χ3n) is 3.75. The van der Waals surface area contributed by atoms with Crippen LogP contribution in [0.5, 0.6) is 5.75 Å². The molecule has 7 nitrogen and oxygen atoms in total. The summed E-state index contributed by atoms with van der Waals surface area (Å²) < 4.78 is 32.3. The van der Waals surface area contributed by atoms with Crippen LogP contribution in [0.1, 0.15) is 25.8 Å². The first kappa shape index (κ1) is 20.4. The van der Waals surface area contributed by atoms with Gasteiger partial charge in [0, 0.05) is 11.7 Å². The highest BCUT2D eigenvalue weighted by Crippen LogP contribution is 2.17. The number of carbonyl (C=O) groups is 1. The standard InChI is InChI=1S/C19H21N3O4S/c1-3-14(2)22-27(24,25)18-9-7-17(8-10-18)26-13-19(23)21-16-6-4-5-15(11-16)12-20/h4-11,14,22H,3,13H2,1-2H3,(H,21,23). The highest BCUT2D eigenvalue weighted by Gasteiger charge is 2.16. The smallest absolute Gasteiger partial charge is 0.262 e. The lowest BCUT2D eigenvalue weighted by molar-refractivity contribution is -0.118. The summed E-state index contributed by atoms with van der Waals surface area (Å²) >= 11 is 0. The molecule has 2 N–H and O–H groups in total. The summed E-state index contributed by atoms with van der Waals surface area (Å²) in [6, 6.07) is 14.2. The van der Waals surface area contributed by atoms with Crippen molar-refractivity contribution in [2.75, 3.05) is 11.9 Å². The van der Waals surface area contributed by atoms with E-state index in [9.17, 15) is 13.2 Å². The second-order valence-corrected chi connectivity index (χ2v) is 7.65. The SMILES string of the molecule is CCC(C)NS(=O)(=O)c1ccc(OCC(=O)Nc2cccc(C#N)c2)cc1. The van der Waals surface area contributed by atoms with Gasteiger partial charge in [-0.05, 0) is 55.8 Å². The van der Waals surface area contributed by atoms with Gasteiger partial charge in [-0.1, -0.05) is 13.0 Å². The van der Waals surface area contributed by atoms with Crippen molar-refractivity contribution in [2.24, 2.45) is 0 Å². The van der Waals surface area contributed by atoms with Gasteiger partial charge in [0.15, 0.2) is 6.61 Å². The van der Waals surface area contributed by atoms with Crippen molar-refractivity contribution in [3.63, 3.8) is 0 Å². The average molecular weight is 387 g/mol. The number of benzene rings is 2. The van der Waals surface area contributed by atoms with Crippen molar-refractivity contribution in [3.05, 3.63) is 54.1 Å². The molecule has 2 aromatic carbocycles. The monoisotopic (exact) mass is 387 g/mol. The summed E-state index contributed by atoms with van der Waals surface area (Å²) in [6.45, 7) is 3.44. The zero-order chi connectivity index (χ0) is 19.9. The molecular weight excluding hydrogens is 366 g/mol. The number of nitriles is 1. The van der Waals surface area contributed by atoms with Crippen LogP contribution in [0.25, 0.3) is 0 Å². The highest BCUT2D eigenvalue weighted by molar-refractivity contribution is 7.89. The van der Waals surface area contributed by atoms with Gasteiger partial charge in [0.25, 0.3) is 5.91 Å². The first-order valence-electron chi connectivity index (χ1n) is 8.39. The molecule has 142 valence electrons. The van der Waals surface area contributed by atoms with Gasteiger partial charge >= 0.3 is 0 Å². The van der Waals surface area contributed by atoms with Crippen LogP contribution in [0.3, 0.4) is 0 Å². The topological polar surface area (TPSA) is 108 Å². The fraction of sp³-hybridized carbons (Fsp3) is 0.263. The first-order valence-corrected chi connectivity index (χ1v) is 9.87. The zero-order valence-electron chi connectivity index (χ0n) is 15.1. The Morgan fingerprint density at radius 3 is 2.56 bits per heavy atom. The molecule has 8 heteroatoms. The number of carbonyl (C=O) groups excluding carboxylic acids is 1. The van der Waals surface area contributed by atoms with Crippen LogP contribution in [-0.4, -0.2) is 27.0 Å². The molecule has 1 unspecified atom stereocenters. The van der Waals surface area contributed by atoms with Crippen LogP contribution in [0.2, 0.25) is 0 Å². The predicted octanol–water partition coefficient (Wildman–Crippen LogP) is 2.65. The Balaban J connectivity index is 1.93. The van der Waals surface area contributed by atoms with E-state index >= 15 is 0 Å². The van der Waals surface area contributed by atoms with Crippen molar-refractivity contribution in [1.29, 1.82) is 5.26 Å². The van der Waals surface area contributed by atoms with E-state index in [0.29, 0.717) is 23.4 Å². The van der Waals surface area contributed by atoms with Gasteiger partial charge in [-0.15, -0.1) is 0 Å². The minimum Gasteiger partial charge on any atom is -0.484 e. The summed E-state index contributed by atoms with van der Waals surface area (Å²) in [6.07, 6.45) is 0.687. The maximum absolute atomic E-state index is 12.2. The van der Waals surface area contributed by atoms with Crippen LogP contribution < -0.4 is 14.8 Å². The van der Waals surface area contributed by atoms with Gasteiger partial charge in [-0.2, -0.15) is 5.26 Å². The number of rotatable bonds is 8. The Hall–Kier alpha value is -2.89. The minimum atomic E-state index is -3.58. The van der Waals surface area contributed by atoms with Crippen LogP contribution in [0, 0.1) is 11.3 Å². The number of ether oxygens (including phenoxy) is 1. The lowest BCUT2D eigenvalue weighted by Gasteiger charge is -2.12. The second kappa shape index (κ2) is 9.16. The summed E-state index contributed by atoms with van der Waals surface area (Å²) in [4.78, 5) is 12.1. The van der Waals surface area contributed by atoms with E-state index in [1.807, 2.05) is 13.0 Å². The van der Waals surface area contributed by atoms with E-state index in [1.54, 1.807) is 31.2 Å². The van der Waals surface area contributed by atoms with E-state index in [4.69, 9.17) is 10.00 Å². The number of nitrogens with zero attached hydrogens (tertiary/aromatic N) is 1. The van der Waals surface area contributed by atoms with Crippen molar-refractivity contribution in [2.45, 2.75) is 31.2 Å². The Kier molecular flexibility index (Phi) is 6.93. The van der Waals surface area contributed by atoms with Gasteiger partial charge in [0.05, 0.1) is 16.5 Å². The molecule has 2 rings (SSSR count). The molecule has 0 spiro atoms. The minimum absolute atomic E-state index is 0.132. The van der Waals surface area contributed by atoms with E-state index in [-0.39, 0.29) is 23.5 Å². The van der Waals surface area contributed by atoms with Gasteiger partial charge in [0.1, 0.15) is 5.75 Å². The number of nitrogens with one attached hydrogen (secondary N) is 2. The van der Waals surface area contributed by atoms with Crippen molar-refractivity contribution in [1.82, 2.24) is 4.72 Å². The largest absolute Gasteiger partial charge is 0.484 e. The molecule has 0 fully saturated rings.